The van der Waals surface area contributed by atoms with Crippen LogP contribution in [0.5, 0.6) is 0 Å². The molecule has 1 amide bonds. The fraction of sp³-hybridized carbons (Fsp3) is 0.625. The Morgan fingerprint density at radius 1 is 1.16 bits per heavy atom. The molecule has 1 aromatic rings. The molecule has 1 heterocycles. The van der Waals surface area contributed by atoms with Crippen LogP contribution in [0.2, 0.25) is 0 Å². The van der Waals surface area contributed by atoms with Crippen LogP contribution in [0.25, 0.3) is 0 Å². The molecule has 0 unspecified atom stereocenters. The van der Waals surface area contributed by atoms with E-state index in [1.807, 2.05) is 0 Å². The smallest absolute Gasteiger partial charge is 0.251 e. The molecule has 3 heteroatoms. The van der Waals surface area contributed by atoms with Crippen molar-refractivity contribution in [1.29, 1.82) is 0 Å². The Hall–Kier alpha value is -1.38. The number of pyridine rings is 1. The minimum absolute atomic E-state index is 0.0293. The molecular formula is C16H24N2O. The van der Waals surface area contributed by atoms with E-state index in [-0.39, 0.29) is 5.91 Å². The summed E-state index contributed by atoms with van der Waals surface area (Å²) in [6.45, 7) is 6.94. The average molecular weight is 260 g/mol. The molecule has 2 rings (SSSR count). The van der Waals surface area contributed by atoms with E-state index >= 15 is 0 Å². The van der Waals surface area contributed by atoms with Crippen molar-refractivity contribution in [1.82, 2.24) is 10.3 Å². The Morgan fingerprint density at radius 2 is 1.74 bits per heavy atom. The molecule has 0 aromatic carbocycles. The fourth-order valence-corrected chi connectivity index (χ4v) is 2.88. The van der Waals surface area contributed by atoms with Crippen molar-refractivity contribution in [3.05, 3.63) is 30.1 Å². The highest BCUT2D eigenvalue weighted by atomic mass is 16.1. The van der Waals surface area contributed by atoms with Crippen LogP contribution in [0.3, 0.4) is 0 Å². The maximum absolute atomic E-state index is 12.1. The first-order chi connectivity index (χ1) is 8.97. The number of carbonyl (C=O) groups is 1. The molecule has 0 atom stereocenters. The van der Waals surface area contributed by atoms with Crippen molar-refractivity contribution in [3.63, 3.8) is 0 Å². The second-order valence-electron chi connectivity index (χ2n) is 6.62. The Balaban J connectivity index is 1.85. The molecule has 0 saturated heterocycles. The van der Waals surface area contributed by atoms with Gasteiger partial charge in [0.05, 0.1) is 0 Å². The quantitative estimate of drug-likeness (QED) is 0.885. The van der Waals surface area contributed by atoms with Crippen LogP contribution < -0.4 is 5.32 Å². The van der Waals surface area contributed by atoms with Crippen LogP contribution in [-0.2, 0) is 0 Å². The summed E-state index contributed by atoms with van der Waals surface area (Å²) in [7, 11) is 0. The number of nitrogens with one attached hydrogen (secondary N) is 1. The standard InChI is InChI=1S/C16H24N2O/c1-16(2,3)13-4-6-14(7-5-13)18-15(19)12-8-10-17-11-9-12/h8-11,13-14H,4-7H2,1-3H3,(H,18,19). The van der Waals surface area contributed by atoms with Crippen LogP contribution in [0.1, 0.15) is 56.8 Å². The molecular weight excluding hydrogens is 236 g/mol. The third kappa shape index (κ3) is 3.79. The van der Waals surface area contributed by atoms with Crippen LogP contribution in [0, 0.1) is 11.3 Å². The Morgan fingerprint density at radius 3 is 2.26 bits per heavy atom. The second-order valence-corrected chi connectivity index (χ2v) is 6.62. The first-order valence-corrected chi connectivity index (χ1v) is 7.17. The van der Waals surface area contributed by atoms with Gasteiger partial charge in [0.1, 0.15) is 0 Å². The highest BCUT2D eigenvalue weighted by molar-refractivity contribution is 5.94. The molecule has 0 radical (unpaired) electrons. The summed E-state index contributed by atoms with van der Waals surface area (Å²) in [5.74, 6) is 0.809. The van der Waals surface area contributed by atoms with E-state index in [2.05, 4.69) is 31.1 Å². The topological polar surface area (TPSA) is 42.0 Å². The molecule has 3 nitrogen and oxygen atoms in total. The molecule has 1 aliphatic rings. The Kier molecular flexibility index (Phi) is 4.23. The third-order valence-electron chi connectivity index (χ3n) is 4.23. The molecule has 1 N–H and O–H groups in total. The highest BCUT2D eigenvalue weighted by Crippen LogP contribution is 2.37. The maximum Gasteiger partial charge on any atom is 0.251 e. The molecule has 104 valence electrons. The van der Waals surface area contributed by atoms with Gasteiger partial charge in [0, 0.05) is 24.0 Å². The predicted octanol–water partition coefficient (Wildman–Crippen LogP) is 3.42. The predicted molar refractivity (Wildman–Crippen MR) is 76.9 cm³/mol. The van der Waals surface area contributed by atoms with Gasteiger partial charge in [-0.25, -0.2) is 0 Å². The molecule has 0 spiro atoms. The van der Waals surface area contributed by atoms with Gasteiger partial charge in [0.15, 0.2) is 0 Å². The van der Waals surface area contributed by atoms with Crippen molar-refractivity contribution < 1.29 is 4.79 Å². The molecule has 1 aromatic heterocycles. The van der Waals surface area contributed by atoms with E-state index in [0.29, 0.717) is 17.0 Å². The normalized spacial score (nSPS) is 23.9. The van der Waals surface area contributed by atoms with Gasteiger partial charge in [-0.3, -0.25) is 9.78 Å². The van der Waals surface area contributed by atoms with Gasteiger partial charge in [0.2, 0.25) is 0 Å². The van der Waals surface area contributed by atoms with Crippen LogP contribution >= 0.6 is 0 Å². The lowest BCUT2D eigenvalue weighted by atomic mass is 9.71. The van der Waals surface area contributed by atoms with E-state index in [1.165, 1.54) is 12.8 Å². The lowest BCUT2D eigenvalue weighted by molar-refractivity contribution is 0.0904. The monoisotopic (exact) mass is 260 g/mol. The molecule has 19 heavy (non-hydrogen) atoms. The van der Waals surface area contributed by atoms with Gasteiger partial charge in [0.25, 0.3) is 5.91 Å². The third-order valence-corrected chi connectivity index (χ3v) is 4.23. The van der Waals surface area contributed by atoms with Crippen molar-refractivity contribution in [2.45, 2.75) is 52.5 Å². The summed E-state index contributed by atoms with van der Waals surface area (Å²) in [4.78, 5) is 16.0. The van der Waals surface area contributed by atoms with Crippen molar-refractivity contribution in [2.24, 2.45) is 11.3 Å². The van der Waals surface area contributed by atoms with Gasteiger partial charge in [-0.1, -0.05) is 20.8 Å². The molecule has 0 aliphatic heterocycles. The largest absolute Gasteiger partial charge is 0.349 e. The van der Waals surface area contributed by atoms with Gasteiger partial charge < -0.3 is 5.32 Å². The summed E-state index contributed by atoms with van der Waals surface area (Å²) >= 11 is 0. The second kappa shape index (κ2) is 5.72. The highest BCUT2D eigenvalue weighted by Gasteiger charge is 2.30. The average Bonchev–Trinajstić information content (AvgIpc) is 2.39. The fourth-order valence-electron chi connectivity index (χ4n) is 2.88. The summed E-state index contributed by atoms with van der Waals surface area (Å²) < 4.78 is 0. The van der Waals surface area contributed by atoms with Crippen molar-refractivity contribution in [2.75, 3.05) is 0 Å². The van der Waals surface area contributed by atoms with Gasteiger partial charge in [-0.05, 0) is 49.1 Å². The van der Waals surface area contributed by atoms with Crippen LogP contribution in [0.4, 0.5) is 0 Å². The SMILES string of the molecule is CC(C)(C)C1CCC(NC(=O)c2ccncc2)CC1. The molecule has 0 bridgehead atoms. The van der Waals surface area contributed by atoms with Crippen molar-refractivity contribution in [3.8, 4) is 0 Å². The molecule has 1 fully saturated rings. The molecule has 1 saturated carbocycles. The zero-order valence-electron chi connectivity index (χ0n) is 12.1. The van der Waals surface area contributed by atoms with E-state index < -0.39 is 0 Å². The Bertz CT molecular complexity index is 414. The molecule has 1 aliphatic carbocycles. The van der Waals surface area contributed by atoms with Crippen LogP contribution in [0.15, 0.2) is 24.5 Å². The van der Waals surface area contributed by atoms with E-state index in [9.17, 15) is 4.79 Å². The number of carbonyl (C=O) groups excluding carboxylic acids is 1. The summed E-state index contributed by atoms with van der Waals surface area (Å²) in [5, 5.41) is 3.14. The van der Waals surface area contributed by atoms with E-state index in [0.717, 1.165) is 18.8 Å². The lowest BCUT2D eigenvalue weighted by Gasteiger charge is -2.37. The zero-order chi connectivity index (χ0) is 13.9. The number of hydrogen-bond donors (Lipinski definition) is 1. The van der Waals surface area contributed by atoms with Gasteiger partial charge in [-0.2, -0.15) is 0 Å². The summed E-state index contributed by atoms with van der Waals surface area (Å²) in [6, 6.07) is 3.85. The zero-order valence-corrected chi connectivity index (χ0v) is 12.1. The first-order valence-electron chi connectivity index (χ1n) is 7.17. The maximum atomic E-state index is 12.1. The number of aromatic nitrogens is 1. The number of hydrogen-bond acceptors (Lipinski definition) is 2. The van der Waals surface area contributed by atoms with Gasteiger partial charge in [-0.15, -0.1) is 0 Å². The van der Waals surface area contributed by atoms with E-state index in [4.69, 9.17) is 0 Å². The number of rotatable bonds is 2. The summed E-state index contributed by atoms with van der Waals surface area (Å²) in [5.41, 5.74) is 1.09. The summed E-state index contributed by atoms with van der Waals surface area (Å²) in [6.07, 6.45) is 7.93. The minimum Gasteiger partial charge on any atom is -0.349 e. The number of amides is 1. The van der Waals surface area contributed by atoms with Gasteiger partial charge >= 0.3 is 0 Å². The minimum atomic E-state index is 0.0293. The van der Waals surface area contributed by atoms with Crippen molar-refractivity contribution >= 4 is 5.91 Å². The number of nitrogens with zero attached hydrogens (tertiary/aromatic N) is 1. The lowest BCUT2D eigenvalue weighted by Crippen LogP contribution is -2.39. The van der Waals surface area contributed by atoms with Crippen LogP contribution in [-0.4, -0.2) is 16.9 Å². The first kappa shape index (κ1) is 14.0. The Labute approximate surface area is 115 Å². The van der Waals surface area contributed by atoms with E-state index in [1.54, 1.807) is 24.5 Å².